The summed E-state index contributed by atoms with van der Waals surface area (Å²) in [6.45, 7) is 1.06. The number of nitrogens with zero attached hydrogens (tertiary/aromatic N) is 4. The van der Waals surface area contributed by atoms with Crippen LogP contribution in [-0.4, -0.2) is 43.9 Å². The van der Waals surface area contributed by atoms with E-state index in [-0.39, 0.29) is 17.9 Å². The maximum atomic E-state index is 12.9. The molecule has 1 unspecified atom stereocenters. The fourth-order valence-electron chi connectivity index (χ4n) is 4.13. The van der Waals surface area contributed by atoms with E-state index in [1.807, 2.05) is 48.5 Å². The molecular formula is C24H24N6O3. The normalized spacial score (nSPS) is 15.2. The quantitative estimate of drug-likeness (QED) is 0.473. The topological polar surface area (TPSA) is 103 Å². The van der Waals surface area contributed by atoms with Crippen molar-refractivity contribution in [3.63, 3.8) is 0 Å². The van der Waals surface area contributed by atoms with Gasteiger partial charge < -0.3 is 15.4 Å². The molecule has 0 radical (unpaired) electrons. The van der Waals surface area contributed by atoms with Crippen LogP contribution in [0, 0.1) is 0 Å². The Morgan fingerprint density at radius 3 is 2.76 bits per heavy atom. The van der Waals surface area contributed by atoms with Crippen LogP contribution in [0.4, 0.5) is 0 Å². The molecule has 0 saturated carbocycles. The Bertz CT molecular complexity index is 1310. The number of rotatable bonds is 6. The SMILES string of the molecule is Cn1nc2c(c1C(=O)NCc1ccccc1)CC(CNC(=O)c1cnn3ccccc13)OC2. The number of carbonyl (C=O) groups is 2. The highest BCUT2D eigenvalue weighted by Gasteiger charge is 2.29. The van der Waals surface area contributed by atoms with Gasteiger partial charge in [0.1, 0.15) is 5.69 Å². The molecule has 168 valence electrons. The van der Waals surface area contributed by atoms with Crippen LogP contribution in [0.2, 0.25) is 0 Å². The Morgan fingerprint density at radius 1 is 1.09 bits per heavy atom. The maximum absolute atomic E-state index is 12.9. The monoisotopic (exact) mass is 444 g/mol. The third kappa shape index (κ3) is 4.22. The molecule has 33 heavy (non-hydrogen) atoms. The van der Waals surface area contributed by atoms with Crippen LogP contribution in [0.25, 0.3) is 5.52 Å². The number of amides is 2. The van der Waals surface area contributed by atoms with Crippen LogP contribution in [0.15, 0.2) is 60.9 Å². The fourth-order valence-corrected chi connectivity index (χ4v) is 4.13. The molecule has 0 saturated heterocycles. The maximum Gasteiger partial charge on any atom is 0.270 e. The second kappa shape index (κ2) is 8.87. The van der Waals surface area contributed by atoms with Crippen molar-refractivity contribution in [2.75, 3.05) is 6.54 Å². The first-order valence-corrected chi connectivity index (χ1v) is 10.8. The van der Waals surface area contributed by atoms with Gasteiger partial charge in [-0.25, -0.2) is 4.52 Å². The molecular weight excluding hydrogens is 420 g/mol. The molecule has 0 spiro atoms. The molecule has 4 aromatic rings. The number of benzene rings is 1. The third-order valence-electron chi connectivity index (χ3n) is 5.79. The van der Waals surface area contributed by atoms with Gasteiger partial charge in [-0.05, 0) is 17.7 Å². The lowest BCUT2D eigenvalue weighted by Gasteiger charge is -2.23. The average Bonchev–Trinajstić information content (AvgIpc) is 3.42. The number of pyridine rings is 1. The smallest absolute Gasteiger partial charge is 0.270 e. The Balaban J connectivity index is 1.24. The second-order valence-corrected chi connectivity index (χ2v) is 8.00. The van der Waals surface area contributed by atoms with Gasteiger partial charge >= 0.3 is 0 Å². The van der Waals surface area contributed by atoms with E-state index in [4.69, 9.17) is 4.74 Å². The number of hydrogen-bond donors (Lipinski definition) is 2. The summed E-state index contributed by atoms with van der Waals surface area (Å²) in [4.78, 5) is 25.6. The molecule has 1 atom stereocenters. The van der Waals surface area contributed by atoms with Crippen LogP contribution in [-0.2, 0) is 31.4 Å². The van der Waals surface area contributed by atoms with Crippen LogP contribution >= 0.6 is 0 Å². The highest BCUT2D eigenvalue weighted by molar-refractivity contribution is 6.00. The zero-order chi connectivity index (χ0) is 22.8. The van der Waals surface area contributed by atoms with Crippen molar-refractivity contribution in [1.82, 2.24) is 30.0 Å². The lowest BCUT2D eigenvalue weighted by Crippen LogP contribution is -2.37. The first-order chi connectivity index (χ1) is 16.1. The molecule has 5 rings (SSSR count). The number of aryl methyl sites for hydroxylation is 1. The predicted octanol–water partition coefficient (Wildman–Crippen LogP) is 1.87. The van der Waals surface area contributed by atoms with Crippen molar-refractivity contribution in [1.29, 1.82) is 0 Å². The first-order valence-electron chi connectivity index (χ1n) is 10.8. The summed E-state index contributed by atoms with van der Waals surface area (Å²) < 4.78 is 9.16. The molecule has 4 heterocycles. The summed E-state index contributed by atoms with van der Waals surface area (Å²) >= 11 is 0. The lowest BCUT2D eigenvalue weighted by atomic mass is 10.0. The van der Waals surface area contributed by atoms with E-state index in [9.17, 15) is 9.59 Å². The zero-order valence-corrected chi connectivity index (χ0v) is 18.2. The van der Waals surface area contributed by atoms with E-state index in [1.165, 1.54) is 0 Å². The van der Waals surface area contributed by atoms with E-state index in [0.717, 1.165) is 22.3 Å². The molecule has 3 aromatic heterocycles. The Hall–Kier alpha value is -3.98. The zero-order valence-electron chi connectivity index (χ0n) is 18.2. The Morgan fingerprint density at radius 2 is 1.91 bits per heavy atom. The highest BCUT2D eigenvalue weighted by Crippen LogP contribution is 2.23. The van der Waals surface area contributed by atoms with E-state index >= 15 is 0 Å². The van der Waals surface area contributed by atoms with E-state index < -0.39 is 0 Å². The fraction of sp³-hybridized carbons (Fsp3) is 0.250. The Kier molecular flexibility index (Phi) is 5.62. The van der Waals surface area contributed by atoms with Gasteiger partial charge in [0.05, 0.1) is 35.7 Å². The second-order valence-electron chi connectivity index (χ2n) is 8.00. The molecule has 9 nitrogen and oxygen atoms in total. The summed E-state index contributed by atoms with van der Waals surface area (Å²) in [7, 11) is 1.76. The summed E-state index contributed by atoms with van der Waals surface area (Å²) in [5, 5.41) is 14.6. The number of aromatic nitrogens is 4. The molecule has 1 aromatic carbocycles. The molecule has 0 bridgehead atoms. The number of ether oxygens (including phenoxy) is 1. The Labute approximate surface area is 190 Å². The van der Waals surface area contributed by atoms with Gasteiger partial charge in [0.2, 0.25) is 0 Å². The van der Waals surface area contributed by atoms with E-state index in [2.05, 4.69) is 20.8 Å². The van der Waals surface area contributed by atoms with Gasteiger partial charge in [-0.15, -0.1) is 0 Å². The summed E-state index contributed by atoms with van der Waals surface area (Å²) in [5.41, 5.74) is 4.43. The van der Waals surface area contributed by atoms with Gasteiger partial charge in [-0.3, -0.25) is 14.3 Å². The number of hydrogen-bond acceptors (Lipinski definition) is 5. The van der Waals surface area contributed by atoms with E-state index in [0.29, 0.717) is 37.4 Å². The summed E-state index contributed by atoms with van der Waals surface area (Å²) in [6.07, 6.45) is 3.59. The molecule has 2 amide bonds. The van der Waals surface area contributed by atoms with Gasteiger partial charge in [0.15, 0.2) is 0 Å². The number of nitrogens with one attached hydrogen (secondary N) is 2. The van der Waals surface area contributed by atoms with Gasteiger partial charge in [0.25, 0.3) is 11.8 Å². The van der Waals surface area contributed by atoms with Gasteiger partial charge in [-0.1, -0.05) is 36.4 Å². The lowest BCUT2D eigenvalue weighted by molar-refractivity contribution is 0.0265. The minimum absolute atomic E-state index is 0.175. The van der Waals surface area contributed by atoms with Crippen molar-refractivity contribution in [3.8, 4) is 0 Å². The molecule has 9 heteroatoms. The minimum Gasteiger partial charge on any atom is -0.370 e. The van der Waals surface area contributed by atoms with Gasteiger partial charge in [-0.2, -0.15) is 10.2 Å². The average molecular weight is 444 g/mol. The van der Waals surface area contributed by atoms with Crippen LogP contribution in [0.5, 0.6) is 0 Å². The number of carbonyl (C=O) groups excluding carboxylic acids is 2. The van der Waals surface area contributed by atoms with E-state index in [1.54, 1.807) is 28.6 Å². The predicted molar refractivity (Wildman–Crippen MR) is 121 cm³/mol. The number of fused-ring (bicyclic) bond motifs is 2. The minimum atomic E-state index is -0.256. The molecule has 1 aliphatic rings. The molecule has 0 aliphatic carbocycles. The van der Waals surface area contributed by atoms with Crippen molar-refractivity contribution in [2.45, 2.75) is 25.7 Å². The summed E-state index contributed by atoms with van der Waals surface area (Å²) in [5.74, 6) is -0.385. The van der Waals surface area contributed by atoms with Gasteiger partial charge in [0, 0.05) is 38.3 Å². The molecule has 1 aliphatic heterocycles. The highest BCUT2D eigenvalue weighted by atomic mass is 16.5. The van der Waals surface area contributed by atoms with Crippen molar-refractivity contribution >= 4 is 17.3 Å². The van der Waals surface area contributed by atoms with Crippen LogP contribution in [0.1, 0.15) is 37.7 Å². The molecule has 2 N–H and O–H groups in total. The van der Waals surface area contributed by atoms with Crippen molar-refractivity contribution in [2.24, 2.45) is 7.05 Å². The van der Waals surface area contributed by atoms with Crippen molar-refractivity contribution in [3.05, 3.63) is 89.0 Å². The van der Waals surface area contributed by atoms with Crippen molar-refractivity contribution < 1.29 is 14.3 Å². The standard InChI is InChI=1S/C24H24N6O3/c1-29-22(24(32)25-12-16-7-3-2-4-8-16)18-11-17(33-15-20(18)28-29)13-26-23(31)19-14-27-30-10-6-5-9-21(19)30/h2-10,14,17H,11-13,15H2,1H3,(H,25,32)(H,26,31). The van der Waals surface area contributed by atoms with Crippen LogP contribution < -0.4 is 10.6 Å². The van der Waals surface area contributed by atoms with Crippen LogP contribution in [0.3, 0.4) is 0 Å². The third-order valence-corrected chi connectivity index (χ3v) is 5.79. The largest absolute Gasteiger partial charge is 0.370 e. The summed E-state index contributed by atoms with van der Waals surface area (Å²) in [6, 6.07) is 15.3. The first kappa shape index (κ1) is 20.9. The molecule has 0 fully saturated rings.